The van der Waals surface area contributed by atoms with Crippen molar-refractivity contribution in [2.45, 2.75) is 26.7 Å². The van der Waals surface area contributed by atoms with E-state index < -0.39 is 0 Å². The van der Waals surface area contributed by atoms with Crippen LogP contribution < -0.4 is 15.0 Å². The number of fused-ring (bicyclic) bond motifs is 1. The monoisotopic (exact) mass is 395 g/mol. The summed E-state index contributed by atoms with van der Waals surface area (Å²) in [6.07, 6.45) is 1.69. The summed E-state index contributed by atoms with van der Waals surface area (Å²) in [6, 6.07) is 12.0. The van der Waals surface area contributed by atoms with Crippen LogP contribution in [0.1, 0.15) is 24.0 Å². The molecule has 0 bridgehead atoms. The Morgan fingerprint density at radius 2 is 1.93 bits per heavy atom. The summed E-state index contributed by atoms with van der Waals surface area (Å²) < 4.78 is 6.43. The zero-order valence-electron chi connectivity index (χ0n) is 16.5. The summed E-state index contributed by atoms with van der Waals surface area (Å²) in [6.45, 7) is 5.84. The lowest BCUT2D eigenvalue weighted by Gasteiger charge is -2.31. The number of amides is 1. The highest BCUT2D eigenvalue weighted by Gasteiger charge is 2.26. The molecule has 3 aromatic rings. The van der Waals surface area contributed by atoms with Gasteiger partial charge in [-0.25, -0.2) is 4.98 Å². The summed E-state index contributed by atoms with van der Waals surface area (Å²) >= 11 is 1.68. The van der Waals surface area contributed by atoms with E-state index in [1.54, 1.807) is 18.4 Å². The highest BCUT2D eigenvalue weighted by atomic mass is 32.1. The van der Waals surface area contributed by atoms with Gasteiger partial charge < -0.3 is 15.0 Å². The summed E-state index contributed by atoms with van der Waals surface area (Å²) in [5.74, 6) is 1.02. The Labute approximate surface area is 169 Å². The van der Waals surface area contributed by atoms with Crippen LogP contribution in [0.3, 0.4) is 0 Å². The van der Waals surface area contributed by atoms with Crippen molar-refractivity contribution in [3.63, 3.8) is 0 Å². The van der Waals surface area contributed by atoms with Crippen molar-refractivity contribution < 1.29 is 9.53 Å². The number of piperidine rings is 1. The van der Waals surface area contributed by atoms with Gasteiger partial charge >= 0.3 is 0 Å². The SMILES string of the molecule is COc1ccc2nc(N3CCC(C(=O)Nc4ccc(C)c(C)c4)CC3)sc2c1. The topological polar surface area (TPSA) is 54.5 Å². The van der Waals surface area contributed by atoms with Crippen molar-refractivity contribution in [2.24, 2.45) is 5.92 Å². The van der Waals surface area contributed by atoms with Crippen molar-refractivity contribution in [3.05, 3.63) is 47.5 Å². The van der Waals surface area contributed by atoms with E-state index in [2.05, 4.69) is 30.1 Å². The standard InChI is InChI=1S/C22H25N3O2S/c1-14-4-5-17(12-15(14)2)23-21(26)16-8-10-25(11-9-16)22-24-19-7-6-18(27-3)13-20(19)28-22/h4-7,12-13,16H,8-11H2,1-3H3,(H,23,26). The van der Waals surface area contributed by atoms with Crippen LogP contribution in [0.4, 0.5) is 10.8 Å². The van der Waals surface area contributed by atoms with Crippen molar-refractivity contribution in [1.29, 1.82) is 0 Å². The molecule has 1 saturated heterocycles. The Bertz CT molecular complexity index is 1010. The number of benzene rings is 2. The predicted molar refractivity (Wildman–Crippen MR) is 116 cm³/mol. The summed E-state index contributed by atoms with van der Waals surface area (Å²) in [5, 5.41) is 4.11. The van der Waals surface area contributed by atoms with Crippen molar-refractivity contribution in [2.75, 3.05) is 30.4 Å². The van der Waals surface area contributed by atoms with Gasteiger partial charge in [-0.1, -0.05) is 17.4 Å². The normalized spacial score (nSPS) is 15.0. The number of thiazole rings is 1. The second-order valence-corrected chi connectivity index (χ2v) is 8.39. The first kappa shape index (κ1) is 18.7. The minimum atomic E-state index is 0.0485. The first-order chi connectivity index (χ1) is 13.5. The van der Waals surface area contributed by atoms with Crippen LogP contribution in [-0.4, -0.2) is 31.1 Å². The van der Waals surface area contributed by atoms with E-state index in [4.69, 9.17) is 9.72 Å². The van der Waals surface area contributed by atoms with E-state index in [0.717, 1.165) is 52.7 Å². The zero-order valence-corrected chi connectivity index (χ0v) is 17.3. The molecular weight excluding hydrogens is 370 g/mol. The summed E-state index contributed by atoms with van der Waals surface area (Å²) in [7, 11) is 1.68. The average Bonchev–Trinajstić information content (AvgIpc) is 3.14. The molecular formula is C22H25N3O2S. The Morgan fingerprint density at radius 1 is 1.14 bits per heavy atom. The molecule has 146 valence electrons. The van der Waals surface area contributed by atoms with Gasteiger partial charge in [-0.05, 0) is 68.1 Å². The van der Waals surface area contributed by atoms with Gasteiger partial charge in [0.1, 0.15) is 5.75 Å². The van der Waals surface area contributed by atoms with Crippen molar-refractivity contribution in [1.82, 2.24) is 4.98 Å². The molecule has 4 rings (SSSR count). The number of aromatic nitrogens is 1. The van der Waals surface area contributed by atoms with Crippen LogP contribution in [-0.2, 0) is 4.79 Å². The van der Waals surface area contributed by atoms with Gasteiger partial charge in [0.05, 0.1) is 17.3 Å². The van der Waals surface area contributed by atoms with Crippen LogP contribution in [0.2, 0.25) is 0 Å². The van der Waals surface area contributed by atoms with Gasteiger partial charge in [0, 0.05) is 24.7 Å². The third-order valence-corrected chi connectivity index (χ3v) is 6.57. The van der Waals surface area contributed by atoms with Crippen molar-refractivity contribution in [3.8, 4) is 5.75 Å². The number of hydrogen-bond donors (Lipinski definition) is 1. The fourth-order valence-electron chi connectivity index (χ4n) is 3.55. The lowest BCUT2D eigenvalue weighted by atomic mass is 9.96. The predicted octanol–water partition coefficient (Wildman–Crippen LogP) is 4.78. The molecule has 2 heterocycles. The number of rotatable bonds is 4. The maximum absolute atomic E-state index is 12.7. The first-order valence-corrected chi connectivity index (χ1v) is 10.4. The summed E-state index contributed by atoms with van der Waals surface area (Å²) in [4.78, 5) is 19.7. The molecule has 28 heavy (non-hydrogen) atoms. The molecule has 1 aromatic heterocycles. The number of carbonyl (C=O) groups excluding carboxylic acids is 1. The third-order valence-electron chi connectivity index (χ3n) is 5.50. The highest BCUT2D eigenvalue weighted by Crippen LogP contribution is 2.33. The quantitative estimate of drug-likeness (QED) is 0.691. The maximum atomic E-state index is 12.7. The van der Waals surface area contributed by atoms with E-state index >= 15 is 0 Å². The number of carbonyl (C=O) groups is 1. The van der Waals surface area contributed by atoms with E-state index in [1.165, 1.54) is 11.1 Å². The second-order valence-electron chi connectivity index (χ2n) is 7.38. The van der Waals surface area contributed by atoms with Gasteiger partial charge in [-0.2, -0.15) is 0 Å². The highest BCUT2D eigenvalue weighted by molar-refractivity contribution is 7.22. The number of anilines is 2. The van der Waals surface area contributed by atoms with Gasteiger partial charge in [0.15, 0.2) is 5.13 Å². The van der Waals surface area contributed by atoms with E-state index in [-0.39, 0.29) is 11.8 Å². The lowest BCUT2D eigenvalue weighted by molar-refractivity contribution is -0.120. The van der Waals surface area contributed by atoms with Gasteiger partial charge in [0.25, 0.3) is 0 Å². The number of nitrogens with zero attached hydrogens (tertiary/aromatic N) is 2. The smallest absolute Gasteiger partial charge is 0.227 e. The molecule has 0 saturated carbocycles. The fraction of sp³-hybridized carbons (Fsp3) is 0.364. The molecule has 1 N–H and O–H groups in total. The molecule has 0 spiro atoms. The molecule has 0 unspecified atom stereocenters. The van der Waals surface area contributed by atoms with Gasteiger partial charge in [-0.3, -0.25) is 4.79 Å². The van der Waals surface area contributed by atoms with E-state index in [1.807, 2.05) is 30.3 Å². The number of ether oxygens (including phenoxy) is 1. The Balaban J connectivity index is 1.38. The van der Waals surface area contributed by atoms with Crippen LogP contribution in [0.5, 0.6) is 5.75 Å². The molecule has 1 aliphatic heterocycles. The Kier molecular flexibility index (Phi) is 5.22. The number of hydrogen-bond acceptors (Lipinski definition) is 5. The number of nitrogens with one attached hydrogen (secondary N) is 1. The lowest BCUT2D eigenvalue weighted by Crippen LogP contribution is -2.38. The van der Waals surface area contributed by atoms with E-state index in [9.17, 15) is 4.79 Å². The van der Waals surface area contributed by atoms with Crippen LogP contribution in [0.25, 0.3) is 10.2 Å². The van der Waals surface area contributed by atoms with Crippen LogP contribution in [0.15, 0.2) is 36.4 Å². The Hall–Kier alpha value is -2.60. The maximum Gasteiger partial charge on any atom is 0.227 e. The largest absolute Gasteiger partial charge is 0.497 e. The molecule has 5 nitrogen and oxygen atoms in total. The van der Waals surface area contributed by atoms with Crippen LogP contribution in [0, 0.1) is 19.8 Å². The summed E-state index contributed by atoms with van der Waals surface area (Å²) in [5.41, 5.74) is 4.31. The average molecular weight is 396 g/mol. The Morgan fingerprint density at radius 3 is 2.64 bits per heavy atom. The fourth-order valence-corrected chi connectivity index (χ4v) is 4.60. The third kappa shape index (κ3) is 3.83. The first-order valence-electron chi connectivity index (χ1n) is 9.61. The molecule has 0 atom stereocenters. The number of methoxy groups -OCH3 is 1. The van der Waals surface area contributed by atoms with Crippen molar-refractivity contribution >= 4 is 38.3 Å². The second kappa shape index (κ2) is 7.80. The molecule has 6 heteroatoms. The minimum Gasteiger partial charge on any atom is -0.497 e. The van der Waals surface area contributed by atoms with Crippen LogP contribution >= 0.6 is 11.3 Å². The minimum absolute atomic E-state index is 0.0485. The van der Waals surface area contributed by atoms with E-state index in [0.29, 0.717) is 0 Å². The molecule has 1 fully saturated rings. The number of aryl methyl sites for hydroxylation is 2. The zero-order chi connectivity index (χ0) is 19.7. The van der Waals surface area contributed by atoms with Gasteiger partial charge in [-0.15, -0.1) is 0 Å². The molecule has 1 amide bonds. The molecule has 2 aromatic carbocycles. The molecule has 0 aliphatic carbocycles. The molecule has 1 aliphatic rings. The van der Waals surface area contributed by atoms with Gasteiger partial charge in [0.2, 0.25) is 5.91 Å². The molecule has 0 radical (unpaired) electrons.